The van der Waals surface area contributed by atoms with Crippen LogP contribution < -0.4 is 9.46 Å². The van der Waals surface area contributed by atoms with Crippen LogP contribution in [-0.4, -0.2) is 27.0 Å². The summed E-state index contributed by atoms with van der Waals surface area (Å²) >= 11 is 1.49. The topological polar surface area (TPSA) is 55.4 Å². The molecule has 17 heavy (non-hydrogen) atoms. The van der Waals surface area contributed by atoms with Crippen LogP contribution in [0.1, 0.15) is 12.8 Å². The lowest BCUT2D eigenvalue weighted by Crippen LogP contribution is -2.10. The van der Waals surface area contributed by atoms with Crippen LogP contribution in [0.2, 0.25) is 0 Å². The third kappa shape index (κ3) is 3.81. The Balaban J connectivity index is 2.21. The molecule has 0 aliphatic heterocycles. The van der Waals surface area contributed by atoms with E-state index in [1.807, 2.05) is 12.3 Å². The standard InChI is InChI=1S/C11H15NO3S2/c1-16-11-7-9(15-8-3-4-8)5-6-10(11)12-17(2,13)14/h5-8,12H,3-4H2,1-2H3. The zero-order valence-electron chi connectivity index (χ0n) is 9.76. The fraction of sp³-hybridized carbons (Fsp3) is 0.455. The van der Waals surface area contributed by atoms with Crippen molar-refractivity contribution in [2.75, 3.05) is 17.2 Å². The van der Waals surface area contributed by atoms with Crippen LogP contribution in [0.15, 0.2) is 23.1 Å². The Morgan fingerprint density at radius 3 is 2.65 bits per heavy atom. The van der Waals surface area contributed by atoms with Gasteiger partial charge in [0.25, 0.3) is 0 Å². The number of rotatable bonds is 5. The summed E-state index contributed by atoms with van der Waals surface area (Å²) in [6.07, 6.45) is 5.61. The molecule has 1 aromatic carbocycles. The SMILES string of the molecule is CSc1cc(OC2CC2)ccc1NS(C)(=O)=O. The largest absolute Gasteiger partial charge is 0.490 e. The Hall–Kier alpha value is -0.880. The predicted octanol–water partition coefficient (Wildman–Crippen LogP) is 2.32. The van der Waals surface area contributed by atoms with E-state index in [0.29, 0.717) is 11.8 Å². The van der Waals surface area contributed by atoms with Gasteiger partial charge < -0.3 is 4.74 Å². The highest BCUT2D eigenvalue weighted by Gasteiger charge is 2.23. The van der Waals surface area contributed by atoms with Crippen molar-refractivity contribution in [1.29, 1.82) is 0 Å². The molecule has 1 aliphatic carbocycles. The molecule has 4 nitrogen and oxygen atoms in total. The van der Waals surface area contributed by atoms with Crippen LogP contribution in [0.5, 0.6) is 5.75 Å². The molecule has 6 heteroatoms. The molecule has 1 fully saturated rings. The molecule has 0 amide bonds. The fourth-order valence-corrected chi connectivity index (χ4v) is 2.62. The lowest BCUT2D eigenvalue weighted by atomic mass is 10.3. The highest BCUT2D eigenvalue weighted by molar-refractivity contribution is 7.99. The molecule has 0 spiro atoms. The molecule has 1 aromatic rings. The van der Waals surface area contributed by atoms with Gasteiger partial charge in [-0.25, -0.2) is 8.42 Å². The van der Waals surface area contributed by atoms with Crippen LogP contribution in [0.25, 0.3) is 0 Å². The fourth-order valence-electron chi connectivity index (χ4n) is 1.41. The summed E-state index contributed by atoms with van der Waals surface area (Å²) in [5, 5.41) is 0. The van der Waals surface area contributed by atoms with Crippen molar-refractivity contribution in [3.05, 3.63) is 18.2 Å². The maximum absolute atomic E-state index is 11.2. The van der Waals surface area contributed by atoms with Crippen molar-refractivity contribution in [3.8, 4) is 5.75 Å². The van der Waals surface area contributed by atoms with Crippen molar-refractivity contribution in [2.45, 2.75) is 23.8 Å². The molecule has 0 heterocycles. The van der Waals surface area contributed by atoms with Crippen molar-refractivity contribution in [1.82, 2.24) is 0 Å². The van der Waals surface area contributed by atoms with Crippen molar-refractivity contribution in [3.63, 3.8) is 0 Å². The average molecular weight is 273 g/mol. The lowest BCUT2D eigenvalue weighted by molar-refractivity contribution is 0.302. The summed E-state index contributed by atoms with van der Waals surface area (Å²) in [5.74, 6) is 0.802. The van der Waals surface area contributed by atoms with Crippen LogP contribution in [0, 0.1) is 0 Å². The Morgan fingerprint density at radius 2 is 2.12 bits per heavy atom. The highest BCUT2D eigenvalue weighted by Crippen LogP contribution is 2.33. The summed E-state index contributed by atoms with van der Waals surface area (Å²) < 4.78 is 30.5. The first-order valence-corrected chi connectivity index (χ1v) is 8.42. The van der Waals surface area contributed by atoms with E-state index < -0.39 is 10.0 Å². The van der Waals surface area contributed by atoms with Crippen LogP contribution in [0.4, 0.5) is 5.69 Å². The van der Waals surface area contributed by atoms with Gasteiger partial charge in [0.1, 0.15) is 5.75 Å². The molecule has 1 aliphatic rings. The number of thioether (sulfide) groups is 1. The predicted molar refractivity (Wildman–Crippen MR) is 70.3 cm³/mol. The third-order valence-electron chi connectivity index (χ3n) is 2.30. The molecule has 0 saturated heterocycles. The molecular weight excluding hydrogens is 258 g/mol. The first-order valence-electron chi connectivity index (χ1n) is 5.30. The average Bonchev–Trinajstić information content (AvgIpc) is 3.02. The Morgan fingerprint density at radius 1 is 1.41 bits per heavy atom. The molecule has 0 atom stereocenters. The highest BCUT2D eigenvalue weighted by atomic mass is 32.2. The number of hydrogen-bond acceptors (Lipinski definition) is 4. The van der Waals surface area contributed by atoms with E-state index in [-0.39, 0.29) is 0 Å². The minimum Gasteiger partial charge on any atom is -0.490 e. The van der Waals surface area contributed by atoms with E-state index in [0.717, 1.165) is 29.7 Å². The van der Waals surface area contributed by atoms with Gasteiger partial charge in [-0.3, -0.25) is 4.72 Å². The number of nitrogens with one attached hydrogen (secondary N) is 1. The van der Waals surface area contributed by atoms with E-state index in [4.69, 9.17) is 4.74 Å². The van der Waals surface area contributed by atoms with E-state index >= 15 is 0 Å². The molecule has 1 N–H and O–H groups in total. The first kappa shape index (κ1) is 12.6. The summed E-state index contributed by atoms with van der Waals surface area (Å²) in [7, 11) is -3.24. The quantitative estimate of drug-likeness (QED) is 0.837. The molecule has 0 bridgehead atoms. The summed E-state index contributed by atoms with van der Waals surface area (Å²) in [5.41, 5.74) is 0.600. The zero-order chi connectivity index (χ0) is 12.5. The van der Waals surface area contributed by atoms with Gasteiger partial charge in [0.05, 0.1) is 18.0 Å². The second-order valence-corrected chi connectivity index (χ2v) is 6.65. The number of ether oxygens (including phenoxy) is 1. The van der Waals surface area contributed by atoms with E-state index in [9.17, 15) is 8.42 Å². The van der Waals surface area contributed by atoms with Crippen LogP contribution in [-0.2, 0) is 10.0 Å². The second kappa shape index (κ2) is 4.78. The number of benzene rings is 1. The minimum atomic E-state index is -3.24. The molecule has 1 saturated carbocycles. The van der Waals surface area contributed by atoms with Gasteiger partial charge in [-0.05, 0) is 37.3 Å². The van der Waals surface area contributed by atoms with E-state index in [1.165, 1.54) is 11.8 Å². The van der Waals surface area contributed by atoms with Crippen molar-refractivity contribution >= 4 is 27.5 Å². The van der Waals surface area contributed by atoms with Gasteiger partial charge in [0, 0.05) is 4.90 Å². The molecule has 94 valence electrons. The molecule has 0 unspecified atom stereocenters. The van der Waals surface area contributed by atoms with Gasteiger partial charge in [-0.2, -0.15) is 0 Å². The molecule has 0 radical (unpaired) electrons. The summed E-state index contributed by atoms with van der Waals surface area (Å²) in [4.78, 5) is 0.869. The number of anilines is 1. The first-order chi connectivity index (χ1) is 7.98. The van der Waals surface area contributed by atoms with Crippen LogP contribution in [0.3, 0.4) is 0 Å². The molecule has 2 rings (SSSR count). The lowest BCUT2D eigenvalue weighted by Gasteiger charge is -2.11. The Labute approximate surface area is 106 Å². The van der Waals surface area contributed by atoms with E-state index in [1.54, 1.807) is 12.1 Å². The van der Waals surface area contributed by atoms with Gasteiger partial charge in [0.15, 0.2) is 0 Å². The number of hydrogen-bond donors (Lipinski definition) is 1. The maximum atomic E-state index is 11.2. The summed E-state index contributed by atoms with van der Waals surface area (Å²) in [6.45, 7) is 0. The maximum Gasteiger partial charge on any atom is 0.229 e. The van der Waals surface area contributed by atoms with Crippen molar-refractivity contribution < 1.29 is 13.2 Å². The van der Waals surface area contributed by atoms with Gasteiger partial charge in [-0.1, -0.05) is 0 Å². The molecule has 0 aromatic heterocycles. The smallest absolute Gasteiger partial charge is 0.229 e. The Bertz CT molecular complexity index is 509. The third-order valence-corrected chi connectivity index (χ3v) is 3.66. The molecular formula is C11H15NO3S2. The minimum absolute atomic E-state index is 0.346. The monoisotopic (exact) mass is 273 g/mol. The normalized spacial score (nSPS) is 15.6. The second-order valence-electron chi connectivity index (χ2n) is 4.05. The van der Waals surface area contributed by atoms with Crippen molar-refractivity contribution in [2.24, 2.45) is 0 Å². The zero-order valence-corrected chi connectivity index (χ0v) is 11.4. The van der Waals surface area contributed by atoms with Gasteiger partial charge in [-0.15, -0.1) is 11.8 Å². The summed E-state index contributed by atoms with van der Waals surface area (Å²) in [6, 6.07) is 5.41. The number of sulfonamides is 1. The van der Waals surface area contributed by atoms with Gasteiger partial charge in [0.2, 0.25) is 10.0 Å². The van der Waals surface area contributed by atoms with Crippen LogP contribution >= 0.6 is 11.8 Å². The van der Waals surface area contributed by atoms with E-state index in [2.05, 4.69) is 4.72 Å². The Kier molecular flexibility index (Phi) is 3.53. The van der Waals surface area contributed by atoms with Gasteiger partial charge >= 0.3 is 0 Å².